The van der Waals surface area contributed by atoms with Crippen LogP contribution in [0, 0.1) is 5.82 Å². The molecule has 0 saturated heterocycles. The molecule has 0 bridgehead atoms. The highest BCUT2D eigenvalue weighted by molar-refractivity contribution is 9.10. The molecule has 0 radical (unpaired) electrons. The van der Waals surface area contributed by atoms with E-state index in [0.29, 0.717) is 16.9 Å². The zero-order valence-electron chi connectivity index (χ0n) is 12.0. The second kappa shape index (κ2) is 6.29. The fraction of sp³-hybridized carbons (Fsp3) is 0.0625. The molecule has 0 fully saturated rings. The number of halogens is 2. The minimum atomic E-state index is -0.604. The molecular weight excluding hydrogens is 365 g/mol. The molecule has 0 N–H and O–H groups in total. The summed E-state index contributed by atoms with van der Waals surface area (Å²) in [6.07, 6.45) is 0. The second-order valence-corrected chi connectivity index (χ2v) is 5.58. The van der Waals surface area contributed by atoms with Gasteiger partial charge >= 0.3 is 5.97 Å². The lowest BCUT2D eigenvalue weighted by molar-refractivity contribution is 0.0594. The number of hydrogen-bond acceptors (Lipinski definition) is 4. The van der Waals surface area contributed by atoms with Crippen molar-refractivity contribution in [3.05, 3.63) is 64.5 Å². The normalized spacial score (nSPS) is 10.6. The minimum absolute atomic E-state index is 0.0713. The highest BCUT2D eigenvalue weighted by Crippen LogP contribution is 2.23. The van der Waals surface area contributed by atoms with Crippen molar-refractivity contribution < 1.29 is 13.9 Å². The first kappa shape index (κ1) is 15.4. The summed E-state index contributed by atoms with van der Waals surface area (Å²) < 4.78 is 18.8. The summed E-state index contributed by atoms with van der Waals surface area (Å²) in [5.74, 6) is -0.971. The van der Waals surface area contributed by atoms with Crippen molar-refractivity contribution in [2.75, 3.05) is 7.11 Å². The maximum absolute atomic E-state index is 13.1. The van der Waals surface area contributed by atoms with E-state index in [1.54, 1.807) is 12.1 Å². The third-order valence-electron chi connectivity index (χ3n) is 3.17. The lowest BCUT2D eigenvalue weighted by Gasteiger charge is -1.99. The smallest absolute Gasteiger partial charge is 0.360 e. The average Bonchev–Trinajstić information content (AvgIpc) is 3.00. The number of hydrogen-bond donors (Lipinski definition) is 0. The van der Waals surface area contributed by atoms with Gasteiger partial charge in [-0.05, 0) is 48.5 Å². The Balaban J connectivity index is 2.12. The molecule has 0 aliphatic rings. The molecule has 1 aromatic heterocycles. The molecule has 5 nitrogen and oxygen atoms in total. The van der Waals surface area contributed by atoms with Crippen molar-refractivity contribution in [3.63, 3.8) is 0 Å². The van der Waals surface area contributed by atoms with Gasteiger partial charge in [-0.2, -0.15) is 4.80 Å². The van der Waals surface area contributed by atoms with Crippen LogP contribution in [0.4, 0.5) is 4.39 Å². The van der Waals surface area contributed by atoms with E-state index in [1.165, 1.54) is 36.2 Å². The summed E-state index contributed by atoms with van der Waals surface area (Å²) in [5, 5.41) is 8.55. The van der Waals surface area contributed by atoms with Crippen LogP contribution in [0.25, 0.3) is 16.9 Å². The summed E-state index contributed by atoms with van der Waals surface area (Å²) in [4.78, 5) is 13.3. The van der Waals surface area contributed by atoms with Crippen molar-refractivity contribution in [1.82, 2.24) is 15.0 Å². The van der Waals surface area contributed by atoms with Gasteiger partial charge < -0.3 is 4.74 Å². The summed E-state index contributed by atoms with van der Waals surface area (Å²) in [6.45, 7) is 0. The molecule has 0 saturated carbocycles. The van der Waals surface area contributed by atoms with Crippen LogP contribution in [0.1, 0.15) is 10.5 Å². The standard InChI is InChI=1S/C16H11BrFN3O2/c1-23-16(22)15-14(10-2-6-12(18)7-3-10)19-21(20-15)13-8-4-11(17)5-9-13/h2-9H,1H3. The van der Waals surface area contributed by atoms with Crippen molar-refractivity contribution in [1.29, 1.82) is 0 Å². The first-order valence-electron chi connectivity index (χ1n) is 6.66. The maximum atomic E-state index is 13.1. The van der Waals surface area contributed by atoms with Gasteiger partial charge in [0.05, 0.1) is 12.8 Å². The molecule has 3 aromatic rings. The zero-order chi connectivity index (χ0) is 16.4. The SMILES string of the molecule is COC(=O)c1nn(-c2ccc(Br)cc2)nc1-c1ccc(F)cc1. The van der Waals surface area contributed by atoms with E-state index >= 15 is 0 Å². The van der Waals surface area contributed by atoms with Crippen LogP contribution in [0.3, 0.4) is 0 Å². The van der Waals surface area contributed by atoms with Gasteiger partial charge in [0.2, 0.25) is 0 Å². The quantitative estimate of drug-likeness (QED) is 0.656. The van der Waals surface area contributed by atoms with Gasteiger partial charge in [-0.3, -0.25) is 0 Å². The summed E-state index contributed by atoms with van der Waals surface area (Å²) in [7, 11) is 1.27. The molecule has 0 aliphatic heterocycles. The lowest BCUT2D eigenvalue weighted by Crippen LogP contribution is -2.05. The number of ether oxygens (including phenoxy) is 1. The number of aromatic nitrogens is 3. The minimum Gasteiger partial charge on any atom is -0.464 e. The van der Waals surface area contributed by atoms with E-state index < -0.39 is 5.97 Å². The Bertz CT molecular complexity index is 845. The Hall–Kier alpha value is -2.54. The van der Waals surface area contributed by atoms with Gasteiger partial charge in [0.1, 0.15) is 11.5 Å². The van der Waals surface area contributed by atoms with Gasteiger partial charge in [-0.25, -0.2) is 9.18 Å². The number of rotatable bonds is 3. The predicted octanol–water partition coefficient (Wildman–Crippen LogP) is 3.62. The van der Waals surface area contributed by atoms with Gasteiger partial charge in [0.25, 0.3) is 0 Å². The number of esters is 1. The number of nitrogens with zero attached hydrogens (tertiary/aromatic N) is 3. The lowest BCUT2D eigenvalue weighted by atomic mass is 10.1. The van der Waals surface area contributed by atoms with E-state index in [4.69, 9.17) is 4.74 Å². The first-order chi connectivity index (χ1) is 11.1. The number of carbonyl (C=O) groups is 1. The highest BCUT2D eigenvalue weighted by atomic mass is 79.9. The van der Waals surface area contributed by atoms with E-state index in [9.17, 15) is 9.18 Å². The third-order valence-corrected chi connectivity index (χ3v) is 3.70. The highest BCUT2D eigenvalue weighted by Gasteiger charge is 2.21. The Morgan fingerprint density at radius 2 is 1.74 bits per heavy atom. The van der Waals surface area contributed by atoms with Crippen LogP contribution in [-0.2, 0) is 4.74 Å². The Kier molecular flexibility index (Phi) is 4.20. The van der Waals surface area contributed by atoms with Crippen LogP contribution in [-0.4, -0.2) is 28.1 Å². The van der Waals surface area contributed by atoms with Gasteiger partial charge in [-0.1, -0.05) is 15.9 Å². The number of methoxy groups -OCH3 is 1. The second-order valence-electron chi connectivity index (χ2n) is 4.66. The molecule has 116 valence electrons. The fourth-order valence-corrected chi connectivity index (χ4v) is 2.30. The van der Waals surface area contributed by atoms with Crippen molar-refractivity contribution in [2.45, 2.75) is 0 Å². The van der Waals surface area contributed by atoms with Crippen molar-refractivity contribution >= 4 is 21.9 Å². The molecule has 7 heteroatoms. The Labute approximate surface area is 139 Å². The van der Waals surface area contributed by atoms with Crippen LogP contribution < -0.4 is 0 Å². The molecule has 0 atom stereocenters. The predicted molar refractivity (Wildman–Crippen MR) is 85.8 cm³/mol. The third kappa shape index (κ3) is 3.14. The zero-order valence-corrected chi connectivity index (χ0v) is 13.6. The molecule has 2 aromatic carbocycles. The summed E-state index contributed by atoms with van der Waals surface area (Å²) in [5.41, 5.74) is 1.67. The molecule has 0 spiro atoms. The summed E-state index contributed by atoms with van der Waals surface area (Å²) in [6, 6.07) is 13.0. The average molecular weight is 376 g/mol. The van der Waals surface area contributed by atoms with Crippen LogP contribution >= 0.6 is 15.9 Å². The molecular formula is C16H11BrFN3O2. The molecule has 0 aliphatic carbocycles. The maximum Gasteiger partial charge on any atom is 0.360 e. The Morgan fingerprint density at radius 1 is 1.09 bits per heavy atom. The fourth-order valence-electron chi connectivity index (χ4n) is 2.03. The molecule has 3 rings (SSSR count). The van der Waals surface area contributed by atoms with Crippen molar-refractivity contribution in [3.8, 4) is 16.9 Å². The summed E-state index contributed by atoms with van der Waals surface area (Å²) >= 11 is 3.36. The number of benzene rings is 2. The monoisotopic (exact) mass is 375 g/mol. The molecule has 23 heavy (non-hydrogen) atoms. The van der Waals surface area contributed by atoms with E-state index in [1.807, 2.05) is 12.1 Å². The molecule has 0 unspecified atom stereocenters. The van der Waals surface area contributed by atoms with Crippen LogP contribution in [0.5, 0.6) is 0 Å². The van der Waals surface area contributed by atoms with Gasteiger partial charge in [0, 0.05) is 10.0 Å². The van der Waals surface area contributed by atoms with Crippen LogP contribution in [0.15, 0.2) is 53.0 Å². The van der Waals surface area contributed by atoms with E-state index in [0.717, 1.165) is 4.47 Å². The molecule has 0 amide bonds. The topological polar surface area (TPSA) is 57.0 Å². The van der Waals surface area contributed by atoms with E-state index in [-0.39, 0.29) is 11.5 Å². The molecule has 1 heterocycles. The largest absolute Gasteiger partial charge is 0.464 e. The van der Waals surface area contributed by atoms with Gasteiger partial charge in [-0.15, -0.1) is 10.2 Å². The van der Waals surface area contributed by atoms with E-state index in [2.05, 4.69) is 26.1 Å². The van der Waals surface area contributed by atoms with Crippen LogP contribution in [0.2, 0.25) is 0 Å². The first-order valence-corrected chi connectivity index (χ1v) is 7.45. The van der Waals surface area contributed by atoms with Crippen molar-refractivity contribution in [2.24, 2.45) is 0 Å². The Morgan fingerprint density at radius 3 is 2.35 bits per heavy atom. The van der Waals surface area contributed by atoms with Gasteiger partial charge in [0.15, 0.2) is 5.69 Å². The number of carbonyl (C=O) groups excluding carboxylic acids is 1.